The Balaban J connectivity index is 2.47. The zero-order valence-corrected chi connectivity index (χ0v) is 16.5. The van der Waals surface area contributed by atoms with Gasteiger partial charge in [0.05, 0.1) is 18.5 Å². The Kier molecular flexibility index (Phi) is 6.93. The Morgan fingerprint density at radius 1 is 1.14 bits per heavy atom. The molecule has 0 atom stereocenters. The van der Waals surface area contributed by atoms with E-state index in [0.29, 0.717) is 28.6 Å². The van der Waals surface area contributed by atoms with Crippen LogP contribution in [0.3, 0.4) is 0 Å². The summed E-state index contributed by atoms with van der Waals surface area (Å²) in [4.78, 5) is 9.05. The van der Waals surface area contributed by atoms with Crippen molar-refractivity contribution in [2.75, 3.05) is 19.5 Å². The Bertz CT molecular complexity index is 809. The molecule has 1 aromatic heterocycles. The number of methoxy groups -OCH3 is 1. The van der Waals surface area contributed by atoms with Gasteiger partial charge in [-0.15, -0.1) is 13.2 Å². The van der Waals surface area contributed by atoms with Gasteiger partial charge in [-0.3, -0.25) is 0 Å². The second kappa shape index (κ2) is 8.99. The van der Waals surface area contributed by atoms with Gasteiger partial charge in [0.15, 0.2) is 5.82 Å². The predicted molar refractivity (Wildman–Crippen MR) is 100.0 cm³/mol. The lowest BCUT2D eigenvalue weighted by Crippen LogP contribution is -2.17. The molecule has 2 aromatic rings. The highest BCUT2D eigenvalue weighted by molar-refractivity contribution is 5.72. The van der Waals surface area contributed by atoms with Crippen LogP contribution in [0.15, 0.2) is 18.2 Å². The molecule has 9 heteroatoms. The van der Waals surface area contributed by atoms with E-state index < -0.39 is 6.36 Å². The van der Waals surface area contributed by atoms with Crippen molar-refractivity contribution in [3.8, 4) is 28.6 Å². The van der Waals surface area contributed by atoms with E-state index in [1.807, 2.05) is 13.8 Å². The number of benzene rings is 1. The van der Waals surface area contributed by atoms with Gasteiger partial charge in [0, 0.05) is 18.7 Å². The third-order valence-corrected chi connectivity index (χ3v) is 4.13. The summed E-state index contributed by atoms with van der Waals surface area (Å²) in [5.41, 5.74) is 1.52. The van der Waals surface area contributed by atoms with Crippen LogP contribution in [0.2, 0.25) is 0 Å². The molecule has 0 aliphatic rings. The van der Waals surface area contributed by atoms with Gasteiger partial charge in [0.25, 0.3) is 5.88 Å². The third kappa shape index (κ3) is 5.17. The average molecular weight is 399 g/mol. The zero-order valence-electron chi connectivity index (χ0n) is 16.5. The van der Waals surface area contributed by atoms with Crippen molar-refractivity contribution in [2.24, 2.45) is 0 Å². The summed E-state index contributed by atoms with van der Waals surface area (Å²) in [5, 5.41) is 2.95. The molecule has 0 radical (unpaired) electrons. The highest BCUT2D eigenvalue weighted by Crippen LogP contribution is 2.37. The molecule has 6 nitrogen and oxygen atoms in total. The van der Waals surface area contributed by atoms with Gasteiger partial charge in [-0.25, -0.2) is 9.97 Å². The molecule has 0 aliphatic carbocycles. The standard InChI is InChI=1S/C19H24F3N3O3/c1-6-12(7-2)27-18-17(23-4)25-16(11(3)24-18)14-9-8-13(10-15(14)26-5)28-19(20,21)22/h8-10,12H,6-7H2,1-5H3,(H,23,25). The summed E-state index contributed by atoms with van der Waals surface area (Å²) < 4.78 is 52.5. The number of aryl methyl sites for hydroxylation is 1. The topological polar surface area (TPSA) is 65.5 Å². The second-order valence-corrected chi connectivity index (χ2v) is 6.03. The number of rotatable bonds is 8. The quantitative estimate of drug-likeness (QED) is 0.676. The minimum absolute atomic E-state index is 0.0139. The first-order valence-corrected chi connectivity index (χ1v) is 8.89. The fourth-order valence-corrected chi connectivity index (χ4v) is 2.68. The minimum atomic E-state index is -4.78. The van der Waals surface area contributed by atoms with Crippen molar-refractivity contribution in [3.63, 3.8) is 0 Å². The van der Waals surface area contributed by atoms with E-state index in [1.54, 1.807) is 14.0 Å². The summed E-state index contributed by atoms with van der Waals surface area (Å²) in [6.45, 7) is 5.80. The number of aromatic nitrogens is 2. The molecule has 154 valence electrons. The molecule has 0 aliphatic heterocycles. The van der Waals surface area contributed by atoms with Crippen molar-refractivity contribution in [3.05, 3.63) is 23.9 Å². The Hall–Kier alpha value is -2.71. The fraction of sp³-hybridized carbons (Fsp3) is 0.474. The van der Waals surface area contributed by atoms with Gasteiger partial charge in [-0.2, -0.15) is 0 Å². The van der Waals surface area contributed by atoms with Crippen molar-refractivity contribution >= 4 is 5.82 Å². The van der Waals surface area contributed by atoms with Crippen LogP contribution in [0, 0.1) is 6.92 Å². The van der Waals surface area contributed by atoms with E-state index in [2.05, 4.69) is 20.0 Å². The van der Waals surface area contributed by atoms with Gasteiger partial charge >= 0.3 is 6.36 Å². The normalized spacial score (nSPS) is 11.5. The maximum atomic E-state index is 12.5. The summed E-state index contributed by atoms with van der Waals surface area (Å²) >= 11 is 0. The van der Waals surface area contributed by atoms with E-state index >= 15 is 0 Å². The van der Waals surface area contributed by atoms with Crippen LogP contribution in [-0.2, 0) is 0 Å². The number of ether oxygens (including phenoxy) is 3. The van der Waals surface area contributed by atoms with Gasteiger partial charge in [0.2, 0.25) is 0 Å². The molecule has 28 heavy (non-hydrogen) atoms. The summed E-state index contributed by atoms with van der Waals surface area (Å²) in [5.74, 6) is 0.634. The van der Waals surface area contributed by atoms with Crippen molar-refractivity contribution in [1.29, 1.82) is 0 Å². The minimum Gasteiger partial charge on any atom is -0.496 e. The monoisotopic (exact) mass is 399 g/mol. The van der Waals surface area contributed by atoms with Gasteiger partial charge < -0.3 is 19.5 Å². The number of alkyl halides is 3. The summed E-state index contributed by atoms with van der Waals surface area (Å²) in [6, 6.07) is 3.83. The zero-order chi connectivity index (χ0) is 20.9. The molecule has 1 aromatic carbocycles. The molecule has 0 amide bonds. The van der Waals surface area contributed by atoms with Crippen molar-refractivity contribution in [1.82, 2.24) is 9.97 Å². The lowest BCUT2D eigenvalue weighted by Gasteiger charge is -2.19. The van der Waals surface area contributed by atoms with Gasteiger partial charge in [-0.1, -0.05) is 13.8 Å². The molecular weight excluding hydrogens is 375 g/mol. The van der Waals surface area contributed by atoms with Crippen LogP contribution in [0.1, 0.15) is 32.4 Å². The van der Waals surface area contributed by atoms with Gasteiger partial charge in [0.1, 0.15) is 17.6 Å². The van der Waals surface area contributed by atoms with Crippen molar-refractivity contribution in [2.45, 2.75) is 46.1 Å². The van der Waals surface area contributed by atoms with Crippen molar-refractivity contribution < 1.29 is 27.4 Å². The highest BCUT2D eigenvalue weighted by Gasteiger charge is 2.31. The first kappa shape index (κ1) is 21.6. The Labute approximate surface area is 162 Å². The predicted octanol–water partition coefficient (Wildman–Crippen LogP) is 4.97. The molecule has 0 saturated carbocycles. The first-order valence-electron chi connectivity index (χ1n) is 8.89. The van der Waals surface area contributed by atoms with Crippen LogP contribution < -0.4 is 19.5 Å². The van der Waals surface area contributed by atoms with Crippen LogP contribution in [0.4, 0.5) is 19.0 Å². The van der Waals surface area contributed by atoms with E-state index in [1.165, 1.54) is 19.2 Å². The maximum absolute atomic E-state index is 12.5. The number of halogens is 3. The van der Waals surface area contributed by atoms with E-state index in [9.17, 15) is 13.2 Å². The summed E-state index contributed by atoms with van der Waals surface area (Å²) in [7, 11) is 3.06. The molecule has 0 spiro atoms. The molecule has 2 rings (SSSR count). The number of hydrogen-bond donors (Lipinski definition) is 1. The highest BCUT2D eigenvalue weighted by atomic mass is 19.4. The number of nitrogens with zero attached hydrogens (tertiary/aromatic N) is 2. The molecule has 0 bridgehead atoms. The van der Waals surface area contributed by atoms with Crippen LogP contribution in [-0.4, -0.2) is 36.6 Å². The smallest absolute Gasteiger partial charge is 0.496 e. The van der Waals surface area contributed by atoms with Gasteiger partial charge in [-0.05, 0) is 31.9 Å². The number of nitrogens with one attached hydrogen (secondary N) is 1. The largest absolute Gasteiger partial charge is 0.573 e. The molecule has 1 N–H and O–H groups in total. The molecule has 0 fully saturated rings. The SMILES string of the molecule is CCC(CC)Oc1nc(C)c(-c2ccc(OC(F)(F)F)cc2OC)nc1NC. The molecular formula is C19H24F3N3O3. The lowest BCUT2D eigenvalue weighted by atomic mass is 10.1. The van der Waals surface area contributed by atoms with Crippen LogP contribution in [0.25, 0.3) is 11.3 Å². The number of hydrogen-bond acceptors (Lipinski definition) is 6. The maximum Gasteiger partial charge on any atom is 0.573 e. The average Bonchev–Trinajstić information content (AvgIpc) is 2.65. The van der Waals surface area contributed by atoms with E-state index in [0.717, 1.165) is 18.9 Å². The van der Waals surface area contributed by atoms with E-state index in [-0.39, 0.29) is 17.6 Å². The Morgan fingerprint density at radius 3 is 2.36 bits per heavy atom. The van der Waals surface area contributed by atoms with E-state index in [4.69, 9.17) is 9.47 Å². The number of anilines is 1. The van der Waals surface area contributed by atoms with Crippen LogP contribution in [0.5, 0.6) is 17.4 Å². The molecule has 1 heterocycles. The second-order valence-electron chi connectivity index (χ2n) is 6.03. The fourth-order valence-electron chi connectivity index (χ4n) is 2.68. The molecule has 0 unspecified atom stereocenters. The molecule has 0 saturated heterocycles. The first-order chi connectivity index (χ1) is 13.2. The third-order valence-electron chi connectivity index (χ3n) is 4.13. The Morgan fingerprint density at radius 2 is 1.82 bits per heavy atom. The lowest BCUT2D eigenvalue weighted by molar-refractivity contribution is -0.274. The van der Waals surface area contributed by atoms with Crippen LogP contribution >= 0.6 is 0 Å². The summed E-state index contributed by atoms with van der Waals surface area (Å²) in [6.07, 6.45) is -3.11.